The topological polar surface area (TPSA) is 31.2 Å². The van der Waals surface area contributed by atoms with E-state index in [4.69, 9.17) is 4.74 Å². The van der Waals surface area contributed by atoms with Gasteiger partial charge in [0.2, 0.25) is 0 Å². The second-order valence-corrected chi connectivity index (χ2v) is 6.86. The van der Waals surface area contributed by atoms with Gasteiger partial charge >= 0.3 is 6.09 Å². The Morgan fingerprint density at radius 2 is 1.36 bits per heavy atom. The molecule has 3 heteroatoms. The van der Waals surface area contributed by atoms with Crippen LogP contribution in [0.15, 0.2) is 36.4 Å². The summed E-state index contributed by atoms with van der Waals surface area (Å²) in [5.74, 6) is 0. The highest BCUT2D eigenvalue weighted by Gasteiger charge is 2.22. The van der Waals surface area contributed by atoms with Gasteiger partial charge < -0.3 is 4.74 Å². The maximum Gasteiger partial charge on any atom is 0.419 e. The van der Waals surface area contributed by atoms with Crippen molar-refractivity contribution in [1.29, 1.82) is 0 Å². The number of nitrogens with zero attached hydrogens (tertiary/aromatic N) is 1. The lowest BCUT2D eigenvalue weighted by Gasteiger charge is -2.20. The quantitative estimate of drug-likeness (QED) is 0.571. The highest BCUT2D eigenvalue weighted by Crippen LogP contribution is 2.31. The van der Waals surface area contributed by atoms with Gasteiger partial charge in [0.1, 0.15) is 5.60 Å². The largest absolute Gasteiger partial charge is 0.443 e. The lowest BCUT2D eigenvalue weighted by molar-refractivity contribution is 0.0551. The summed E-state index contributed by atoms with van der Waals surface area (Å²) in [6, 6.07) is 12.4. The highest BCUT2D eigenvalue weighted by atomic mass is 16.6. The zero-order valence-electron chi connectivity index (χ0n) is 13.7. The normalized spacial score (nSPS) is 12.0. The van der Waals surface area contributed by atoms with Crippen LogP contribution >= 0.6 is 0 Å². The van der Waals surface area contributed by atoms with Crippen LogP contribution in [-0.2, 0) is 4.74 Å². The minimum Gasteiger partial charge on any atom is -0.443 e. The van der Waals surface area contributed by atoms with E-state index < -0.39 is 5.60 Å². The van der Waals surface area contributed by atoms with E-state index in [0.717, 1.165) is 32.9 Å². The third-order valence-corrected chi connectivity index (χ3v) is 3.65. The SMILES string of the molecule is Cc1ccc2c3ccc(C)cc3n(C(=O)OC(C)(C)C)c2c1. The lowest BCUT2D eigenvalue weighted by atomic mass is 10.1. The van der Waals surface area contributed by atoms with Crippen molar-refractivity contribution in [2.75, 3.05) is 0 Å². The van der Waals surface area contributed by atoms with Crippen LogP contribution in [0, 0.1) is 13.8 Å². The Bertz CT molecular complexity index is 822. The Balaban J connectivity index is 2.35. The molecule has 0 saturated heterocycles. The van der Waals surface area contributed by atoms with Gasteiger partial charge in [0.05, 0.1) is 11.0 Å². The Morgan fingerprint density at radius 1 is 0.909 bits per heavy atom. The first-order chi connectivity index (χ1) is 10.3. The molecule has 0 radical (unpaired) electrons. The van der Waals surface area contributed by atoms with Crippen molar-refractivity contribution in [3.05, 3.63) is 47.5 Å². The second kappa shape index (κ2) is 4.87. The monoisotopic (exact) mass is 295 g/mol. The Morgan fingerprint density at radius 3 is 1.77 bits per heavy atom. The molecule has 3 rings (SSSR count). The fourth-order valence-electron chi connectivity index (χ4n) is 2.74. The summed E-state index contributed by atoms with van der Waals surface area (Å²) in [6.07, 6.45) is -0.330. The first-order valence-corrected chi connectivity index (χ1v) is 7.51. The summed E-state index contributed by atoms with van der Waals surface area (Å²) < 4.78 is 7.29. The number of benzene rings is 2. The molecule has 1 aromatic heterocycles. The summed E-state index contributed by atoms with van der Waals surface area (Å²) in [6.45, 7) is 9.71. The number of fused-ring (bicyclic) bond motifs is 3. The average molecular weight is 295 g/mol. The van der Waals surface area contributed by atoms with Crippen LogP contribution in [0.2, 0.25) is 0 Å². The molecule has 1 heterocycles. The van der Waals surface area contributed by atoms with Gasteiger partial charge in [0.25, 0.3) is 0 Å². The van der Waals surface area contributed by atoms with Crippen LogP contribution in [0.1, 0.15) is 31.9 Å². The molecule has 3 nitrogen and oxygen atoms in total. The van der Waals surface area contributed by atoms with Crippen molar-refractivity contribution in [3.8, 4) is 0 Å². The average Bonchev–Trinajstić information content (AvgIpc) is 2.68. The predicted octanol–water partition coefficient (Wildman–Crippen LogP) is 5.19. The number of hydrogen-bond donors (Lipinski definition) is 0. The third kappa shape index (κ3) is 2.47. The molecule has 3 aromatic rings. The van der Waals surface area contributed by atoms with Crippen molar-refractivity contribution in [2.45, 2.75) is 40.2 Å². The molecule has 0 aliphatic rings. The summed E-state index contributed by atoms with van der Waals surface area (Å²) in [7, 11) is 0. The highest BCUT2D eigenvalue weighted by molar-refractivity contribution is 6.12. The molecule has 0 saturated carbocycles. The molecule has 0 atom stereocenters. The maximum atomic E-state index is 12.7. The molecule has 0 aliphatic carbocycles. The summed E-state index contributed by atoms with van der Waals surface area (Å²) in [5, 5.41) is 2.15. The molecule has 2 aromatic carbocycles. The van der Waals surface area contributed by atoms with Crippen LogP contribution in [0.5, 0.6) is 0 Å². The van der Waals surface area contributed by atoms with E-state index in [-0.39, 0.29) is 6.09 Å². The van der Waals surface area contributed by atoms with Gasteiger partial charge in [-0.15, -0.1) is 0 Å². The fraction of sp³-hybridized carbons (Fsp3) is 0.316. The predicted molar refractivity (Wildman–Crippen MR) is 90.6 cm³/mol. The van der Waals surface area contributed by atoms with E-state index in [0.29, 0.717) is 0 Å². The van der Waals surface area contributed by atoms with E-state index in [9.17, 15) is 4.79 Å². The first kappa shape index (κ1) is 14.6. The Labute approximate surface area is 130 Å². The Hall–Kier alpha value is -2.29. The summed E-state index contributed by atoms with van der Waals surface area (Å²) in [4.78, 5) is 12.7. The number of aryl methyl sites for hydroxylation is 2. The maximum absolute atomic E-state index is 12.7. The van der Waals surface area contributed by atoms with Gasteiger partial charge in [0.15, 0.2) is 0 Å². The number of carbonyl (C=O) groups is 1. The molecule has 0 fully saturated rings. The van der Waals surface area contributed by atoms with Crippen molar-refractivity contribution < 1.29 is 9.53 Å². The van der Waals surface area contributed by atoms with Crippen LogP contribution in [-0.4, -0.2) is 16.3 Å². The smallest absolute Gasteiger partial charge is 0.419 e. The number of rotatable bonds is 0. The molecule has 22 heavy (non-hydrogen) atoms. The van der Waals surface area contributed by atoms with E-state index in [1.54, 1.807) is 4.57 Å². The van der Waals surface area contributed by atoms with Crippen LogP contribution in [0.25, 0.3) is 21.8 Å². The second-order valence-electron chi connectivity index (χ2n) is 6.86. The zero-order valence-corrected chi connectivity index (χ0v) is 13.7. The number of aromatic nitrogens is 1. The number of ether oxygens (including phenoxy) is 1. The molecule has 0 unspecified atom stereocenters. The third-order valence-electron chi connectivity index (χ3n) is 3.65. The molecule has 0 N–H and O–H groups in total. The van der Waals surface area contributed by atoms with Crippen LogP contribution in [0.3, 0.4) is 0 Å². The minimum atomic E-state index is -0.520. The van der Waals surface area contributed by atoms with Crippen molar-refractivity contribution in [1.82, 2.24) is 4.57 Å². The van der Waals surface area contributed by atoms with Crippen molar-refractivity contribution in [3.63, 3.8) is 0 Å². The van der Waals surface area contributed by atoms with Crippen LogP contribution in [0.4, 0.5) is 4.79 Å². The summed E-state index contributed by atoms with van der Waals surface area (Å²) in [5.41, 5.74) is 3.52. The summed E-state index contributed by atoms with van der Waals surface area (Å²) >= 11 is 0. The van der Waals surface area contributed by atoms with E-state index in [1.165, 1.54) is 0 Å². The number of carbonyl (C=O) groups excluding carboxylic acids is 1. The van der Waals surface area contributed by atoms with Gasteiger partial charge in [-0.05, 0) is 57.9 Å². The first-order valence-electron chi connectivity index (χ1n) is 7.51. The van der Waals surface area contributed by atoms with Gasteiger partial charge in [-0.25, -0.2) is 9.36 Å². The molecular weight excluding hydrogens is 274 g/mol. The molecule has 114 valence electrons. The van der Waals surface area contributed by atoms with E-state index in [2.05, 4.69) is 24.3 Å². The van der Waals surface area contributed by atoms with Gasteiger partial charge in [-0.1, -0.05) is 24.3 Å². The molecule has 0 amide bonds. The van der Waals surface area contributed by atoms with E-state index in [1.807, 2.05) is 46.8 Å². The minimum absolute atomic E-state index is 0.330. The fourth-order valence-corrected chi connectivity index (χ4v) is 2.74. The zero-order chi connectivity index (χ0) is 16.1. The number of hydrogen-bond acceptors (Lipinski definition) is 2. The molecular formula is C19H21NO2. The van der Waals surface area contributed by atoms with E-state index >= 15 is 0 Å². The van der Waals surface area contributed by atoms with Crippen molar-refractivity contribution in [2.24, 2.45) is 0 Å². The van der Waals surface area contributed by atoms with Gasteiger partial charge in [0, 0.05) is 10.8 Å². The Kier molecular flexibility index (Phi) is 3.24. The van der Waals surface area contributed by atoms with Gasteiger partial charge in [-0.2, -0.15) is 0 Å². The molecule has 0 bridgehead atoms. The van der Waals surface area contributed by atoms with Crippen LogP contribution < -0.4 is 0 Å². The van der Waals surface area contributed by atoms with Gasteiger partial charge in [-0.3, -0.25) is 0 Å². The lowest BCUT2D eigenvalue weighted by Crippen LogP contribution is -2.27. The van der Waals surface area contributed by atoms with Crippen molar-refractivity contribution >= 4 is 27.9 Å². The standard InChI is InChI=1S/C19H21NO2/c1-12-6-8-14-15-9-7-13(2)11-17(15)20(16(14)10-12)18(21)22-19(3,4)5/h6-11H,1-5H3. The molecule has 0 aliphatic heterocycles. The molecule has 0 spiro atoms.